The molecule has 0 radical (unpaired) electrons. The minimum Gasteiger partial charge on any atom is -0.383 e. The van der Waals surface area contributed by atoms with Gasteiger partial charge in [0.25, 0.3) is 0 Å². The third kappa shape index (κ3) is 4.01. The summed E-state index contributed by atoms with van der Waals surface area (Å²) in [5.41, 5.74) is 4.96. The van der Waals surface area contributed by atoms with Gasteiger partial charge in [0.2, 0.25) is 5.96 Å². The van der Waals surface area contributed by atoms with Gasteiger partial charge in [0, 0.05) is 19.8 Å². The second kappa shape index (κ2) is 7.68. The summed E-state index contributed by atoms with van der Waals surface area (Å²) in [5.74, 6) is 6.11. The van der Waals surface area contributed by atoms with E-state index in [1.807, 2.05) is 11.9 Å². The molecule has 18 heavy (non-hydrogen) atoms. The first-order chi connectivity index (χ1) is 8.72. The fourth-order valence-electron chi connectivity index (χ4n) is 1.57. The summed E-state index contributed by atoms with van der Waals surface area (Å²) in [5, 5.41) is 0. The van der Waals surface area contributed by atoms with Gasteiger partial charge < -0.3 is 9.64 Å². The fraction of sp³-hybridized carbons (Fsp3) is 0.462. The predicted molar refractivity (Wildman–Crippen MR) is 75.7 cm³/mol. The van der Waals surface area contributed by atoms with Crippen molar-refractivity contribution in [2.75, 3.05) is 32.2 Å². The molecular formula is C13H22N4O. The Labute approximate surface area is 109 Å². The molecule has 0 bridgehead atoms. The van der Waals surface area contributed by atoms with Gasteiger partial charge in [-0.05, 0) is 24.1 Å². The van der Waals surface area contributed by atoms with Crippen LogP contribution in [0.25, 0.3) is 0 Å². The molecule has 0 spiro atoms. The smallest absolute Gasteiger partial charge is 0.212 e. The van der Waals surface area contributed by atoms with Crippen molar-refractivity contribution >= 4 is 11.6 Å². The maximum Gasteiger partial charge on any atom is 0.212 e. The van der Waals surface area contributed by atoms with Crippen molar-refractivity contribution in [3.05, 3.63) is 29.8 Å². The third-order valence-electron chi connectivity index (χ3n) is 2.74. The summed E-state index contributed by atoms with van der Waals surface area (Å²) >= 11 is 0. The van der Waals surface area contributed by atoms with Crippen molar-refractivity contribution in [3.63, 3.8) is 0 Å². The standard InChI is InChI=1S/C13H22N4O/c1-4-11-5-7-12(8-6-11)17(2)13(16-14)15-9-10-18-3/h5-8H,4,9-10,14H2,1-3H3,(H,15,16). The van der Waals surface area contributed by atoms with Gasteiger partial charge in [0.05, 0.1) is 13.2 Å². The van der Waals surface area contributed by atoms with Gasteiger partial charge in [-0.1, -0.05) is 19.1 Å². The monoisotopic (exact) mass is 250 g/mol. The number of aliphatic imine (C=N–C) groups is 1. The average Bonchev–Trinajstić information content (AvgIpc) is 2.43. The molecule has 0 saturated carbocycles. The second-order valence-corrected chi connectivity index (χ2v) is 3.92. The zero-order valence-electron chi connectivity index (χ0n) is 11.3. The molecule has 0 aromatic heterocycles. The van der Waals surface area contributed by atoms with Gasteiger partial charge in [0.15, 0.2) is 0 Å². The second-order valence-electron chi connectivity index (χ2n) is 3.92. The number of aryl methyl sites for hydroxylation is 1. The first kappa shape index (κ1) is 14.5. The zero-order chi connectivity index (χ0) is 13.4. The van der Waals surface area contributed by atoms with Crippen molar-refractivity contribution in [1.82, 2.24) is 5.43 Å². The molecule has 0 aliphatic rings. The van der Waals surface area contributed by atoms with E-state index < -0.39 is 0 Å². The summed E-state index contributed by atoms with van der Waals surface area (Å²) in [4.78, 5) is 6.24. The van der Waals surface area contributed by atoms with E-state index in [0.717, 1.165) is 12.1 Å². The molecular weight excluding hydrogens is 228 g/mol. The number of hydrazine groups is 1. The molecule has 100 valence electrons. The highest BCUT2D eigenvalue weighted by Crippen LogP contribution is 2.14. The highest BCUT2D eigenvalue weighted by Gasteiger charge is 2.06. The lowest BCUT2D eigenvalue weighted by Crippen LogP contribution is -2.43. The molecule has 5 nitrogen and oxygen atoms in total. The Morgan fingerprint density at radius 3 is 2.56 bits per heavy atom. The third-order valence-corrected chi connectivity index (χ3v) is 2.74. The Balaban J connectivity index is 2.75. The largest absolute Gasteiger partial charge is 0.383 e. The lowest BCUT2D eigenvalue weighted by atomic mass is 10.1. The first-order valence-electron chi connectivity index (χ1n) is 6.05. The van der Waals surface area contributed by atoms with Crippen molar-refractivity contribution in [2.45, 2.75) is 13.3 Å². The SMILES string of the molecule is CCc1ccc(N(C)C(=NCCOC)NN)cc1. The average molecular weight is 250 g/mol. The number of nitrogens with two attached hydrogens (primary N) is 1. The normalized spacial score (nSPS) is 11.4. The lowest BCUT2D eigenvalue weighted by Gasteiger charge is -2.21. The maximum atomic E-state index is 5.49. The Bertz CT molecular complexity index is 375. The van der Waals surface area contributed by atoms with E-state index in [1.54, 1.807) is 7.11 Å². The number of methoxy groups -OCH3 is 1. The van der Waals surface area contributed by atoms with Crippen LogP contribution in [0.1, 0.15) is 12.5 Å². The van der Waals surface area contributed by atoms with E-state index >= 15 is 0 Å². The van der Waals surface area contributed by atoms with E-state index in [-0.39, 0.29) is 0 Å². The van der Waals surface area contributed by atoms with Gasteiger partial charge in [0.1, 0.15) is 0 Å². The number of hydrogen-bond acceptors (Lipinski definition) is 3. The van der Waals surface area contributed by atoms with Crippen molar-refractivity contribution in [3.8, 4) is 0 Å². The number of guanidine groups is 1. The molecule has 0 aliphatic carbocycles. The molecule has 1 rings (SSSR count). The Morgan fingerprint density at radius 2 is 2.06 bits per heavy atom. The van der Waals surface area contributed by atoms with E-state index in [1.165, 1.54) is 5.56 Å². The predicted octanol–water partition coefficient (Wildman–Crippen LogP) is 1.15. The summed E-state index contributed by atoms with van der Waals surface area (Å²) in [7, 11) is 3.57. The van der Waals surface area contributed by atoms with Gasteiger partial charge in [-0.25, -0.2) is 10.8 Å². The molecule has 1 aromatic rings. The molecule has 0 atom stereocenters. The molecule has 1 aromatic carbocycles. The minimum absolute atomic E-state index is 0.577. The minimum atomic E-state index is 0.577. The first-order valence-corrected chi connectivity index (χ1v) is 6.05. The molecule has 3 N–H and O–H groups in total. The van der Waals surface area contributed by atoms with Crippen LogP contribution in [-0.2, 0) is 11.2 Å². The van der Waals surface area contributed by atoms with Crippen LogP contribution in [0.5, 0.6) is 0 Å². The van der Waals surface area contributed by atoms with E-state index in [9.17, 15) is 0 Å². The topological polar surface area (TPSA) is 62.9 Å². The molecule has 0 unspecified atom stereocenters. The van der Waals surface area contributed by atoms with E-state index in [0.29, 0.717) is 19.1 Å². The number of ether oxygens (including phenoxy) is 1. The number of nitrogens with zero attached hydrogens (tertiary/aromatic N) is 2. The number of nitrogens with one attached hydrogen (secondary N) is 1. The molecule has 0 heterocycles. The highest BCUT2D eigenvalue weighted by atomic mass is 16.5. The number of rotatable bonds is 5. The molecule has 0 saturated heterocycles. The quantitative estimate of drug-likeness (QED) is 0.270. The molecule has 0 amide bonds. The molecule has 0 fully saturated rings. The van der Waals surface area contributed by atoms with Gasteiger partial charge in [-0.15, -0.1) is 0 Å². The Hall–Kier alpha value is -1.59. The van der Waals surface area contributed by atoms with Crippen molar-refractivity contribution in [2.24, 2.45) is 10.8 Å². The maximum absolute atomic E-state index is 5.49. The number of hydrogen-bond donors (Lipinski definition) is 2. The van der Waals surface area contributed by atoms with Crippen LogP contribution in [0.2, 0.25) is 0 Å². The van der Waals surface area contributed by atoms with Crippen LogP contribution >= 0.6 is 0 Å². The Kier molecular flexibility index (Phi) is 6.18. The van der Waals surface area contributed by atoms with Crippen LogP contribution in [-0.4, -0.2) is 33.3 Å². The summed E-state index contributed by atoms with van der Waals surface area (Å²) in [6.45, 7) is 3.29. The van der Waals surface area contributed by atoms with Crippen LogP contribution in [0, 0.1) is 0 Å². The summed E-state index contributed by atoms with van der Waals surface area (Å²) < 4.78 is 4.96. The number of benzene rings is 1. The van der Waals surface area contributed by atoms with Crippen molar-refractivity contribution in [1.29, 1.82) is 0 Å². The summed E-state index contributed by atoms with van der Waals surface area (Å²) in [6, 6.07) is 8.33. The fourth-order valence-corrected chi connectivity index (χ4v) is 1.57. The van der Waals surface area contributed by atoms with Gasteiger partial charge >= 0.3 is 0 Å². The van der Waals surface area contributed by atoms with Crippen LogP contribution in [0.3, 0.4) is 0 Å². The molecule has 5 heteroatoms. The zero-order valence-corrected chi connectivity index (χ0v) is 11.3. The van der Waals surface area contributed by atoms with Crippen LogP contribution in [0.15, 0.2) is 29.3 Å². The van der Waals surface area contributed by atoms with E-state index in [4.69, 9.17) is 10.6 Å². The highest BCUT2D eigenvalue weighted by molar-refractivity contribution is 5.95. The van der Waals surface area contributed by atoms with Gasteiger partial charge in [-0.2, -0.15) is 0 Å². The van der Waals surface area contributed by atoms with Crippen LogP contribution < -0.4 is 16.2 Å². The number of anilines is 1. The Morgan fingerprint density at radius 1 is 1.39 bits per heavy atom. The van der Waals surface area contributed by atoms with E-state index in [2.05, 4.69) is 41.6 Å². The van der Waals surface area contributed by atoms with Crippen molar-refractivity contribution < 1.29 is 4.74 Å². The summed E-state index contributed by atoms with van der Waals surface area (Å²) in [6.07, 6.45) is 1.04. The molecule has 0 aliphatic heterocycles. The van der Waals surface area contributed by atoms with Gasteiger partial charge in [-0.3, -0.25) is 5.43 Å². The van der Waals surface area contributed by atoms with Crippen LogP contribution in [0.4, 0.5) is 5.69 Å². The lowest BCUT2D eigenvalue weighted by molar-refractivity contribution is 0.208.